The van der Waals surface area contributed by atoms with Gasteiger partial charge in [-0.1, -0.05) is 12.1 Å². The van der Waals surface area contributed by atoms with Gasteiger partial charge < -0.3 is 10.6 Å². The first-order valence-electron chi connectivity index (χ1n) is 6.11. The first kappa shape index (κ1) is 14.2. The van der Waals surface area contributed by atoms with Crippen molar-refractivity contribution in [2.75, 3.05) is 37.3 Å². The fourth-order valence-electron chi connectivity index (χ4n) is 2.32. The van der Waals surface area contributed by atoms with Gasteiger partial charge in [-0.2, -0.15) is 4.31 Å². The average molecular weight is 287 g/mol. The van der Waals surface area contributed by atoms with E-state index in [2.05, 4.69) is 0 Å². The monoisotopic (exact) mass is 287 g/mol. The molecule has 0 saturated carbocycles. The zero-order valence-electron chi connectivity index (χ0n) is 10.8. The molecule has 0 atom stereocenters. The summed E-state index contributed by atoms with van der Waals surface area (Å²) in [6, 6.07) is 4.83. The van der Waals surface area contributed by atoms with Gasteiger partial charge in [0, 0.05) is 32.7 Å². The number of piperazine rings is 1. The standard InChI is InChI=1S/C12H18FN3O2S/c1-19(17,18)16-7-5-15(6-8-16)12-10(9-14)3-2-4-11(12)13/h2-4H,5-9,14H2,1H3. The first-order valence-corrected chi connectivity index (χ1v) is 7.96. The third-order valence-electron chi connectivity index (χ3n) is 3.31. The number of sulfonamides is 1. The molecule has 1 heterocycles. The summed E-state index contributed by atoms with van der Waals surface area (Å²) in [7, 11) is -3.17. The minimum atomic E-state index is -3.17. The smallest absolute Gasteiger partial charge is 0.211 e. The van der Waals surface area contributed by atoms with Crippen molar-refractivity contribution in [1.29, 1.82) is 0 Å². The molecular formula is C12H18FN3O2S. The molecule has 106 valence electrons. The van der Waals surface area contributed by atoms with E-state index in [9.17, 15) is 12.8 Å². The van der Waals surface area contributed by atoms with Crippen LogP contribution in [0.2, 0.25) is 0 Å². The summed E-state index contributed by atoms with van der Waals surface area (Å²) in [5, 5.41) is 0. The molecule has 2 N–H and O–H groups in total. The van der Waals surface area contributed by atoms with Crippen LogP contribution in [0.15, 0.2) is 18.2 Å². The predicted molar refractivity (Wildman–Crippen MR) is 72.9 cm³/mol. The molecule has 1 aliphatic rings. The van der Waals surface area contributed by atoms with Crippen molar-refractivity contribution in [3.63, 3.8) is 0 Å². The molecule has 1 saturated heterocycles. The Hall–Kier alpha value is -1.18. The maximum Gasteiger partial charge on any atom is 0.211 e. The second kappa shape index (κ2) is 5.44. The van der Waals surface area contributed by atoms with Gasteiger partial charge in [0.2, 0.25) is 10.0 Å². The van der Waals surface area contributed by atoms with Crippen molar-refractivity contribution in [2.45, 2.75) is 6.54 Å². The van der Waals surface area contributed by atoms with Crippen molar-refractivity contribution in [1.82, 2.24) is 4.31 Å². The minimum Gasteiger partial charge on any atom is -0.366 e. The summed E-state index contributed by atoms with van der Waals surface area (Å²) in [6.45, 7) is 1.95. The fourth-order valence-corrected chi connectivity index (χ4v) is 3.15. The van der Waals surface area contributed by atoms with Crippen LogP contribution in [0.1, 0.15) is 5.56 Å². The number of anilines is 1. The maximum absolute atomic E-state index is 13.9. The number of nitrogens with two attached hydrogens (primary N) is 1. The third-order valence-corrected chi connectivity index (χ3v) is 4.62. The van der Waals surface area contributed by atoms with Gasteiger partial charge in [-0.15, -0.1) is 0 Å². The summed E-state index contributed by atoms with van der Waals surface area (Å²) >= 11 is 0. The quantitative estimate of drug-likeness (QED) is 0.872. The zero-order chi connectivity index (χ0) is 14.0. The summed E-state index contributed by atoms with van der Waals surface area (Å²) < 4.78 is 38.2. The number of halogens is 1. The van der Waals surface area contributed by atoms with Crippen molar-refractivity contribution in [3.8, 4) is 0 Å². The highest BCUT2D eigenvalue weighted by Gasteiger charge is 2.25. The number of rotatable bonds is 3. The second-order valence-electron chi connectivity index (χ2n) is 4.60. The lowest BCUT2D eigenvalue weighted by Gasteiger charge is -2.35. The molecule has 0 spiro atoms. The molecule has 1 aromatic carbocycles. The van der Waals surface area contributed by atoms with E-state index in [4.69, 9.17) is 5.73 Å². The molecule has 0 amide bonds. The minimum absolute atomic E-state index is 0.263. The predicted octanol–water partition coefficient (Wildman–Crippen LogP) is 0.366. The van der Waals surface area contributed by atoms with Crippen LogP contribution in [0.4, 0.5) is 10.1 Å². The zero-order valence-corrected chi connectivity index (χ0v) is 11.7. The Labute approximate surface area is 112 Å². The number of nitrogens with zero attached hydrogens (tertiary/aromatic N) is 2. The highest BCUT2D eigenvalue weighted by atomic mass is 32.2. The largest absolute Gasteiger partial charge is 0.366 e. The molecule has 0 aliphatic carbocycles. The molecule has 1 fully saturated rings. The van der Waals surface area contributed by atoms with Gasteiger partial charge in [0.05, 0.1) is 11.9 Å². The van der Waals surface area contributed by atoms with Crippen molar-refractivity contribution >= 4 is 15.7 Å². The van der Waals surface area contributed by atoms with E-state index < -0.39 is 10.0 Å². The van der Waals surface area contributed by atoms with E-state index in [-0.39, 0.29) is 12.4 Å². The van der Waals surface area contributed by atoms with E-state index >= 15 is 0 Å². The number of para-hydroxylation sites is 1. The highest BCUT2D eigenvalue weighted by molar-refractivity contribution is 7.88. The van der Waals surface area contributed by atoms with Gasteiger partial charge in [-0.05, 0) is 11.6 Å². The van der Waals surface area contributed by atoms with E-state index in [1.54, 1.807) is 12.1 Å². The van der Waals surface area contributed by atoms with E-state index in [0.29, 0.717) is 31.9 Å². The normalized spacial score (nSPS) is 17.7. The van der Waals surface area contributed by atoms with E-state index in [1.807, 2.05) is 4.90 Å². The van der Waals surface area contributed by atoms with E-state index in [0.717, 1.165) is 5.56 Å². The third kappa shape index (κ3) is 3.05. The fraction of sp³-hybridized carbons (Fsp3) is 0.500. The van der Waals surface area contributed by atoms with Crippen molar-refractivity contribution in [3.05, 3.63) is 29.6 Å². The molecule has 1 aromatic rings. The van der Waals surface area contributed by atoms with Crippen LogP contribution >= 0.6 is 0 Å². The Morgan fingerprint density at radius 3 is 2.42 bits per heavy atom. The topological polar surface area (TPSA) is 66.6 Å². The van der Waals surface area contributed by atoms with Gasteiger partial charge in [-0.3, -0.25) is 0 Å². The number of benzene rings is 1. The molecule has 0 bridgehead atoms. The first-order chi connectivity index (χ1) is 8.93. The average Bonchev–Trinajstić information content (AvgIpc) is 2.37. The Morgan fingerprint density at radius 1 is 1.26 bits per heavy atom. The number of hydrogen-bond donors (Lipinski definition) is 1. The van der Waals surface area contributed by atoms with Crippen molar-refractivity contribution < 1.29 is 12.8 Å². The van der Waals surface area contributed by atoms with Crippen LogP contribution in [0, 0.1) is 5.82 Å². The summed E-state index contributed by atoms with van der Waals surface area (Å²) in [5.41, 5.74) is 6.86. The van der Waals surface area contributed by atoms with Crippen LogP contribution in [-0.4, -0.2) is 45.2 Å². The van der Waals surface area contributed by atoms with Crippen LogP contribution in [-0.2, 0) is 16.6 Å². The molecule has 5 nitrogen and oxygen atoms in total. The SMILES string of the molecule is CS(=O)(=O)N1CCN(c2c(F)cccc2CN)CC1. The molecule has 0 aromatic heterocycles. The van der Waals surface area contributed by atoms with Gasteiger partial charge in [0.1, 0.15) is 5.82 Å². The van der Waals surface area contributed by atoms with Crippen LogP contribution < -0.4 is 10.6 Å². The van der Waals surface area contributed by atoms with Gasteiger partial charge in [-0.25, -0.2) is 12.8 Å². The Kier molecular flexibility index (Phi) is 4.07. The van der Waals surface area contributed by atoms with Gasteiger partial charge in [0.15, 0.2) is 0 Å². The summed E-state index contributed by atoms with van der Waals surface area (Å²) in [4.78, 5) is 1.86. The summed E-state index contributed by atoms with van der Waals surface area (Å²) in [6.07, 6.45) is 1.19. The molecule has 1 aliphatic heterocycles. The number of hydrogen-bond acceptors (Lipinski definition) is 4. The Balaban J connectivity index is 2.18. The summed E-state index contributed by atoms with van der Waals surface area (Å²) in [5.74, 6) is -0.309. The molecular weight excluding hydrogens is 269 g/mol. The lowest BCUT2D eigenvalue weighted by atomic mass is 10.1. The molecule has 0 radical (unpaired) electrons. The molecule has 19 heavy (non-hydrogen) atoms. The highest BCUT2D eigenvalue weighted by Crippen LogP contribution is 2.25. The second-order valence-corrected chi connectivity index (χ2v) is 6.58. The van der Waals surface area contributed by atoms with Gasteiger partial charge >= 0.3 is 0 Å². The molecule has 0 unspecified atom stereocenters. The van der Waals surface area contributed by atoms with Crippen LogP contribution in [0.25, 0.3) is 0 Å². The Morgan fingerprint density at radius 2 is 1.89 bits per heavy atom. The lowest BCUT2D eigenvalue weighted by Crippen LogP contribution is -2.48. The van der Waals surface area contributed by atoms with Gasteiger partial charge in [0.25, 0.3) is 0 Å². The Bertz CT molecular complexity index is 554. The maximum atomic E-state index is 13.9. The van der Waals surface area contributed by atoms with Crippen molar-refractivity contribution in [2.24, 2.45) is 5.73 Å². The lowest BCUT2D eigenvalue weighted by molar-refractivity contribution is 0.386. The molecule has 2 rings (SSSR count). The van der Waals surface area contributed by atoms with E-state index in [1.165, 1.54) is 16.6 Å². The van der Waals surface area contributed by atoms with Crippen LogP contribution in [0.3, 0.4) is 0 Å². The van der Waals surface area contributed by atoms with Crippen LogP contribution in [0.5, 0.6) is 0 Å². The molecule has 7 heteroatoms.